The van der Waals surface area contributed by atoms with Crippen molar-refractivity contribution in [1.29, 1.82) is 5.26 Å². The van der Waals surface area contributed by atoms with E-state index in [1.807, 2.05) is 41.9 Å². The van der Waals surface area contributed by atoms with Crippen LogP contribution in [0, 0.1) is 18.3 Å². The molecule has 3 aromatic heterocycles. The maximum Gasteiger partial charge on any atom is 0.227 e. The van der Waals surface area contributed by atoms with Crippen molar-refractivity contribution in [1.82, 2.24) is 9.97 Å². The Balaban J connectivity index is 1.69. The highest BCUT2D eigenvalue weighted by molar-refractivity contribution is 7.08. The molecule has 0 saturated carbocycles. The predicted molar refractivity (Wildman–Crippen MR) is 102 cm³/mol. The van der Waals surface area contributed by atoms with Gasteiger partial charge in [-0.25, -0.2) is 9.97 Å². The lowest BCUT2D eigenvalue weighted by Gasteiger charge is -2.08. The van der Waals surface area contributed by atoms with Crippen LogP contribution in [0.1, 0.15) is 11.1 Å². The lowest BCUT2D eigenvalue weighted by molar-refractivity contribution is 0.589. The number of aromatic nitrogens is 2. The topological polar surface area (TPSA) is 74.7 Å². The first kappa shape index (κ1) is 16.1. The number of aryl methyl sites for hydroxylation is 1. The Labute approximate surface area is 154 Å². The standard InChI is InChI=1S/C20H14N4OS/c1-13-2-4-22-19(6-13)24-17-8-14(10-21)7-16(9-17)18-11-23-20(25-18)15-3-5-26-12-15/h2-9,11-12H,1H3,(H,22,24). The summed E-state index contributed by atoms with van der Waals surface area (Å²) in [5.74, 6) is 1.91. The minimum absolute atomic E-state index is 0.533. The van der Waals surface area contributed by atoms with E-state index in [1.165, 1.54) is 0 Å². The van der Waals surface area contributed by atoms with Crippen molar-refractivity contribution in [3.63, 3.8) is 0 Å². The zero-order valence-corrected chi connectivity index (χ0v) is 14.7. The van der Waals surface area contributed by atoms with Crippen LogP contribution in [-0.4, -0.2) is 9.97 Å². The number of nitrogens with one attached hydrogen (secondary N) is 1. The summed E-state index contributed by atoms with van der Waals surface area (Å²) in [4.78, 5) is 8.64. The Morgan fingerprint density at radius 1 is 1.12 bits per heavy atom. The van der Waals surface area contributed by atoms with Gasteiger partial charge in [0.2, 0.25) is 5.89 Å². The van der Waals surface area contributed by atoms with Crippen molar-refractivity contribution in [2.75, 3.05) is 5.32 Å². The lowest BCUT2D eigenvalue weighted by Crippen LogP contribution is -1.95. The van der Waals surface area contributed by atoms with E-state index in [4.69, 9.17) is 4.42 Å². The van der Waals surface area contributed by atoms with Gasteiger partial charge in [0.15, 0.2) is 5.76 Å². The van der Waals surface area contributed by atoms with Crippen LogP contribution in [0.4, 0.5) is 11.5 Å². The molecule has 0 aliphatic heterocycles. The Hall–Kier alpha value is -3.43. The number of nitriles is 1. The van der Waals surface area contributed by atoms with E-state index in [1.54, 1.807) is 35.9 Å². The zero-order valence-electron chi connectivity index (χ0n) is 13.9. The maximum absolute atomic E-state index is 9.36. The van der Waals surface area contributed by atoms with Crippen LogP contribution in [0.3, 0.4) is 0 Å². The smallest absolute Gasteiger partial charge is 0.227 e. The SMILES string of the molecule is Cc1ccnc(Nc2cc(C#N)cc(-c3cnc(-c4ccsc4)o3)c2)c1. The number of nitrogens with zero attached hydrogens (tertiary/aromatic N) is 3. The average molecular weight is 358 g/mol. The molecule has 0 atom stereocenters. The summed E-state index contributed by atoms with van der Waals surface area (Å²) in [6.45, 7) is 2.00. The molecule has 0 aliphatic rings. The Kier molecular flexibility index (Phi) is 4.22. The van der Waals surface area contributed by atoms with Gasteiger partial charge in [0.1, 0.15) is 5.82 Å². The van der Waals surface area contributed by atoms with Gasteiger partial charge in [-0.3, -0.25) is 0 Å². The van der Waals surface area contributed by atoms with Crippen molar-refractivity contribution in [2.45, 2.75) is 6.92 Å². The fourth-order valence-corrected chi connectivity index (χ4v) is 3.22. The highest BCUT2D eigenvalue weighted by Gasteiger charge is 2.11. The summed E-state index contributed by atoms with van der Waals surface area (Å²) in [6, 6.07) is 13.5. The molecule has 4 aromatic rings. The molecule has 3 heterocycles. The van der Waals surface area contributed by atoms with Crippen LogP contribution in [0.15, 0.2) is 64.0 Å². The van der Waals surface area contributed by atoms with Crippen LogP contribution in [0.2, 0.25) is 0 Å². The summed E-state index contributed by atoms with van der Waals surface area (Å²) in [5.41, 5.74) is 4.14. The van der Waals surface area contributed by atoms with Crippen molar-refractivity contribution in [2.24, 2.45) is 0 Å². The molecule has 0 aliphatic carbocycles. The fraction of sp³-hybridized carbons (Fsp3) is 0.0500. The van der Waals surface area contributed by atoms with E-state index < -0.39 is 0 Å². The molecule has 1 aromatic carbocycles. The molecular formula is C20H14N4OS. The first-order chi connectivity index (χ1) is 12.7. The number of anilines is 2. The molecule has 6 heteroatoms. The number of hydrogen-bond donors (Lipinski definition) is 1. The van der Waals surface area contributed by atoms with Crippen LogP contribution in [0.25, 0.3) is 22.8 Å². The molecule has 0 unspecified atom stereocenters. The van der Waals surface area contributed by atoms with Gasteiger partial charge in [0, 0.05) is 28.4 Å². The van der Waals surface area contributed by atoms with Gasteiger partial charge in [-0.2, -0.15) is 16.6 Å². The Morgan fingerprint density at radius 3 is 2.81 bits per heavy atom. The van der Waals surface area contributed by atoms with Gasteiger partial charge in [-0.15, -0.1) is 0 Å². The van der Waals surface area contributed by atoms with E-state index in [-0.39, 0.29) is 0 Å². The third-order valence-electron chi connectivity index (χ3n) is 3.81. The molecule has 0 radical (unpaired) electrons. The maximum atomic E-state index is 9.36. The van der Waals surface area contributed by atoms with Gasteiger partial charge >= 0.3 is 0 Å². The first-order valence-electron chi connectivity index (χ1n) is 7.95. The second-order valence-corrected chi connectivity index (χ2v) is 6.58. The number of rotatable bonds is 4. The quantitative estimate of drug-likeness (QED) is 0.529. The molecule has 0 amide bonds. The molecule has 0 saturated heterocycles. The predicted octanol–water partition coefficient (Wildman–Crippen LogP) is 5.39. The molecule has 5 nitrogen and oxygen atoms in total. The van der Waals surface area contributed by atoms with Crippen molar-refractivity contribution >= 4 is 22.8 Å². The summed E-state index contributed by atoms with van der Waals surface area (Å²) < 4.78 is 5.88. The van der Waals surface area contributed by atoms with Gasteiger partial charge in [-0.05, 0) is 54.3 Å². The lowest BCUT2D eigenvalue weighted by atomic mass is 10.1. The van der Waals surface area contributed by atoms with Gasteiger partial charge < -0.3 is 9.73 Å². The molecule has 126 valence electrons. The molecule has 1 N–H and O–H groups in total. The van der Waals surface area contributed by atoms with E-state index in [0.717, 1.165) is 28.2 Å². The Morgan fingerprint density at radius 2 is 2.04 bits per heavy atom. The van der Waals surface area contributed by atoms with E-state index in [0.29, 0.717) is 17.2 Å². The van der Waals surface area contributed by atoms with Crippen molar-refractivity contribution in [3.8, 4) is 28.8 Å². The van der Waals surface area contributed by atoms with Gasteiger partial charge in [0.25, 0.3) is 0 Å². The molecule has 0 bridgehead atoms. The van der Waals surface area contributed by atoms with Gasteiger partial charge in [-0.1, -0.05) is 0 Å². The first-order valence-corrected chi connectivity index (χ1v) is 8.89. The highest BCUT2D eigenvalue weighted by Crippen LogP contribution is 2.30. The second-order valence-electron chi connectivity index (χ2n) is 5.80. The number of benzene rings is 1. The summed E-state index contributed by atoms with van der Waals surface area (Å²) in [7, 11) is 0. The van der Waals surface area contributed by atoms with E-state index in [9.17, 15) is 5.26 Å². The summed E-state index contributed by atoms with van der Waals surface area (Å²) in [6.07, 6.45) is 3.43. The summed E-state index contributed by atoms with van der Waals surface area (Å²) in [5, 5.41) is 16.6. The van der Waals surface area contributed by atoms with Crippen LogP contribution in [0.5, 0.6) is 0 Å². The number of thiophene rings is 1. The molecular weight excluding hydrogens is 344 g/mol. The van der Waals surface area contributed by atoms with Crippen LogP contribution in [-0.2, 0) is 0 Å². The number of hydrogen-bond acceptors (Lipinski definition) is 6. The summed E-state index contributed by atoms with van der Waals surface area (Å²) >= 11 is 1.59. The van der Waals surface area contributed by atoms with Crippen LogP contribution >= 0.6 is 11.3 Å². The van der Waals surface area contributed by atoms with Crippen molar-refractivity contribution in [3.05, 3.63) is 70.7 Å². The van der Waals surface area contributed by atoms with Gasteiger partial charge in [0.05, 0.1) is 17.8 Å². The van der Waals surface area contributed by atoms with E-state index >= 15 is 0 Å². The Bertz CT molecular complexity index is 1090. The normalized spacial score (nSPS) is 10.5. The molecule has 0 fully saturated rings. The van der Waals surface area contributed by atoms with E-state index in [2.05, 4.69) is 21.4 Å². The molecule has 0 spiro atoms. The molecule has 26 heavy (non-hydrogen) atoms. The second kappa shape index (κ2) is 6.82. The van der Waals surface area contributed by atoms with Crippen molar-refractivity contribution < 1.29 is 4.42 Å². The minimum atomic E-state index is 0.533. The monoisotopic (exact) mass is 358 g/mol. The number of oxazole rings is 1. The number of pyridine rings is 1. The largest absolute Gasteiger partial charge is 0.436 e. The third-order valence-corrected chi connectivity index (χ3v) is 4.49. The average Bonchev–Trinajstić information content (AvgIpc) is 3.33. The minimum Gasteiger partial charge on any atom is -0.436 e. The third kappa shape index (κ3) is 3.34. The highest BCUT2D eigenvalue weighted by atomic mass is 32.1. The van der Waals surface area contributed by atoms with Crippen LogP contribution < -0.4 is 5.32 Å². The molecule has 4 rings (SSSR count). The zero-order chi connectivity index (χ0) is 17.9. The fourth-order valence-electron chi connectivity index (χ4n) is 2.59.